The second-order valence-electron chi connectivity index (χ2n) is 10.1. The molecule has 0 aliphatic heterocycles. The average molecular weight is 517 g/mol. The molecule has 0 radical (unpaired) electrons. The molecule has 0 bridgehead atoms. The molecule has 1 amide bonds. The van der Waals surface area contributed by atoms with Crippen molar-refractivity contribution in [2.45, 2.75) is 134 Å². The summed E-state index contributed by atoms with van der Waals surface area (Å²) in [6.07, 6.45) is 14.5. The van der Waals surface area contributed by atoms with Gasteiger partial charge in [0.25, 0.3) is 0 Å². The summed E-state index contributed by atoms with van der Waals surface area (Å²) in [5.74, 6) is -3.54. The van der Waals surface area contributed by atoms with Gasteiger partial charge in [-0.2, -0.15) is 0 Å². The molecular weight excluding hydrogens is 464 g/mol. The van der Waals surface area contributed by atoms with E-state index in [4.69, 9.17) is 22.3 Å². The van der Waals surface area contributed by atoms with E-state index < -0.39 is 42.1 Å². The molecule has 0 aromatic heterocycles. The summed E-state index contributed by atoms with van der Waals surface area (Å²) in [6.45, 7) is 2.23. The molecule has 212 valence electrons. The van der Waals surface area contributed by atoms with Crippen LogP contribution in [0.1, 0.15) is 116 Å². The Kier molecular flexibility index (Phi) is 19.3. The zero-order valence-electron chi connectivity index (χ0n) is 22.3. The minimum atomic E-state index is -2.11. The number of rotatable bonds is 24. The SMILES string of the molecule is CCCCCCCCCCCCCCCC(=O)N[C@@H](CCC(CN)C(O)CC(N)(N)C(=O)O)C(=O)O. The number of carboxylic acids is 2. The van der Waals surface area contributed by atoms with Gasteiger partial charge in [-0.3, -0.25) is 4.79 Å². The molecule has 0 spiro atoms. The highest BCUT2D eigenvalue weighted by Gasteiger charge is 2.34. The third-order valence-electron chi connectivity index (χ3n) is 6.76. The summed E-state index contributed by atoms with van der Waals surface area (Å²) in [5.41, 5.74) is 14.5. The minimum absolute atomic E-state index is 0.00386. The Morgan fingerprint density at radius 1 is 0.806 bits per heavy atom. The predicted molar refractivity (Wildman–Crippen MR) is 141 cm³/mol. The van der Waals surface area contributed by atoms with Crippen LogP contribution < -0.4 is 22.5 Å². The first kappa shape index (κ1) is 34.2. The monoisotopic (exact) mass is 516 g/mol. The van der Waals surface area contributed by atoms with Crippen molar-refractivity contribution in [1.82, 2.24) is 5.32 Å². The van der Waals surface area contributed by atoms with E-state index in [2.05, 4.69) is 12.2 Å². The largest absolute Gasteiger partial charge is 0.480 e. The standard InChI is InChI=1S/C26H52N4O6/c1-2-3-4-5-6-7-8-9-10-11-12-13-14-15-23(32)30-21(24(33)34)17-16-20(19-27)22(31)18-26(28,29)25(35)36/h20-22,31H,2-19,27-29H2,1H3,(H,30,32)(H,33,34)(H,35,36)/t20?,21-,22?/m0/s1. The number of carbonyl (C=O) groups is 3. The van der Waals surface area contributed by atoms with Gasteiger partial charge in [-0.15, -0.1) is 0 Å². The molecule has 10 heteroatoms. The summed E-state index contributed by atoms with van der Waals surface area (Å²) in [7, 11) is 0. The maximum atomic E-state index is 12.2. The molecule has 0 saturated carbocycles. The van der Waals surface area contributed by atoms with Crippen LogP contribution in [0.3, 0.4) is 0 Å². The van der Waals surface area contributed by atoms with E-state index in [0.29, 0.717) is 6.42 Å². The van der Waals surface area contributed by atoms with Crippen LogP contribution in [-0.4, -0.2) is 57.5 Å². The lowest BCUT2D eigenvalue weighted by Crippen LogP contribution is -2.59. The highest BCUT2D eigenvalue weighted by molar-refractivity contribution is 5.83. The molecule has 2 unspecified atom stereocenters. The fourth-order valence-corrected chi connectivity index (χ4v) is 4.28. The van der Waals surface area contributed by atoms with Gasteiger partial charge in [0.2, 0.25) is 5.91 Å². The normalized spacial score (nSPS) is 14.2. The van der Waals surface area contributed by atoms with Gasteiger partial charge in [-0.25, -0.2) is 9.59 Å². The topological polar surface area (TPSA) is 202 Å². The molecule has 0 aromatic carbocycles. The van der Waals surface area contributed by atoms with Crippen LogP contribution >= 0.6 is 0 Å². The van der Waals surface area contributed by atoms with E-state index in [1.807, 2.05) is 0 Å². The summed E-state index contributed by atoms with van der Waals surface area (Å²) >= 11 is 0. The third kappa shape index (κ3) is 16.8. The number of unbranched alkanes of at least 4 members (excludes halogenated alkanes) is 12. The minimum Gasteiger partial charge on any atom is -0.480 e. The van der Waals surface area contributed by atoms with Gasteiger partial charge in [-0.05, 0) is 31.7 Å². The van der Waals surface area contributed by atoms with Crippen molar-refractivity contribution < 1.29 is 29.7 Å². The molecular formula is C26H52N4O6. The number of amides is 1. The molecule has 0 saturated heterocycles. The summed E-state index contributed by atoms with van der Waals surface area (Å²) < 4.78 is 0. The van der Waals surface area contributed by atoms with Gasteiger partial charge in [0.1, 0.15) is 6.04 Å². The van der Waals surface area contributed by atoms with E-state index in [1.54, 1.807) is 0 Å². The van der Waals surface area contributed by atoms with E-state index >= 15 is 0 Å². The first-order valence-corrected chi connectivity index (χ1v) is 13.8. The van der Waals surface area contributed by atoms with Gasteiger partial charge < -0.3 is 37.8 Å². The molecule has 10 N–H and O–H groups in total. The number of aliphatic hydroxyl groups excluding tert-OH is 1. The van der Waals surface area contributed by atoms with E-state index in [-0.39, 0.29) is 31.7 Å². The molecule has 0 aliphatic carbocycles. The van der Waals surface area contributed by atoms with Crippen LogP contribution in [0.25, 0.3) is 0 Å². The quantitative estimate of drug-likeness (QED) is 0.0743. The van der Waals surface area contributed by atoms with Crippen molar-refractivity contribution >= 4 is 17.8 Å². The Hall–Kier alpha value is -1.75. The van der Waals surface area contributed by atoms with Crippen LogP contribution in [0.5, 0.6) is 0 Å². The van der Waals surface area contributed by atoms with Crippen molar-refractivity contribution in [2.75, 3.05) is 6.54 Å². The van der Waals surface area contributed by atoms with Crippen molar-refractivity contribution in [3.05, 3.63) is 0 Å². The van der Waals surface area contributed by atoms with Gasteiger partial charge in [0, 0.05) is 12.8 Å². The number of aliphatic hydroxyl groups is 1. The molecule has 0 fully saturated rings. The lowest BCUT2D eigenvalue weighted by atomic mass is 9.89. The third-order valence-corrected chi connectivity index (χ3v) is 6.76. The Bertz CT molecular complexity index is 617. The van der Waals surface area contributed by atoms with Crippen LogP contribution in [0, 0.1) is 5.92 Å². The van der Waals surface area contributed by atoms with Gasteiger partial charge in [0.15, 0.2) is 5.66 Å². The maximum absolute atomic E-state index is 12.2. The number of aliphatic carboxylic acids is 2. The van der Waals surface area contributed by atoms with Gasteiger partial charge in [-0.1, -0.05) is 84.0 Å². The lowest BCUT2D eigenvalue weighted by molar-refractivity contribution is -0.144. The molecule has 10 nitrogen and oxygen atoms in total. The molecule has 3 atom stereocenters. The maximum Gasteiger partial charge on any atom is 0.338 e. The second kappa shape index (κ2) is 20.3. The summed E-state index contributed by atoms with van der Waals surface area (Å²) in [4.78, 5) is 34.9. The van der Waals surface area contributed by atoms with Crippen molar-refractivity contribution in [2.24, 2.45) is 23.1 Å². The van der Waals surface area contributed by atoms with Crippen molar-refractivity contribution in [1.29, 1.82) is 0 Å². The highest BCUT2D eigenvalue weighted by Crippen LogP contribution is 2.19. The van der Waals surface area contributed by atoms with Crippen molar-refractivity contribution in [3.8, 4) is 0 Å². The fraction of sp³-hybridized carbons (Fsp3) is 0.885. The zero-order chi connectivity index (χ0) is 27.4. The molecule has 0 aliphatic rings. The van der Waals surface area contributed by atoms with Crippen LogP contribution in [0.2, 0.25) is 0 Å². The first-order chi connectivity index (χ1) is 17.0. The Labute approximate surface area is 216 Å². The number of carbonyl (C=O) groups excluding carboxylic acids is 1. The Morgan fingerprint density at radius 3 is 1.69 bits per heavy atom. The molecule has 0 heterocycles. The van der Waals surface area contributed by atoms with E-state index in [9.17, 15) is 24.6 Å². The number of nitrogens with one attached hydrogen (secondary N) is 1. The van der Waals surface area contributed by atoms with Gasteiger partial charge in [0.05, 0.1) is 6.10 Å². The fourth-order valence-electron chi connectivity index (χ4n) is 4.28. The predicted octanol–water partition coefficient (Wildman–Crippen LogP) is 2.84. The second-order valence-corrected chi connectivity index (χ2v) is 10.1. The zero-order valence-corrected chi connectivity index (χ0v) is 22.3. The number of nitrogens with two attached hydrogens (primary N) is 3. The number of hydrogen-bond acceptors (Lipinski definition) is 7. The number of hydrogen-bond donors (Lipinski definition) is 7. The van der Waals surface area contributed by atoms with Crippen LogP contribution in [0.4, 0.5) is 0 Å². The molecule has 0 aromatic rings. The van der Waals surface area contributed by atoms with Crippen molar-refractivity contribution in [3.63, 3.8) is 0 Å². The van der Waals surface area contributed by atoms with E-state index in [0.717, 1.165) is 19.3 Å². The summed E-state index contributed by atoms with van der Waals surface area (Å²) in [6, 6.07) is -1.11. The smallest absolute Gasteiger partial charge is 0.338 e. The first-order valence-electron chi connectivity index (χ1n) is 13.8. The highest BCUT2D eigenvalue weighted by atomic mass is 16.4. The summed E-state index contributed by atoms with van der Waals surface area (Å²) in [5, 5.41) is 31.3. The average Bonchev–Trinajstić information content (AvgIpc) is 2.81. The Morgan fingerprint density at radius 2 is 1.28 bits per heavy atom. The van der Waals surface area contributed by atoms with Gasteiger partial charge >= 0.3 is 11.9 Å². The Balaban J connectivity index is 4.10. The lowest BCUT2D eigenvalue weighted by Gasteiger charge is -2.28. The molecule has 0 rings (SSSR count). The molecule has 36 heavy (non-hydrogen) atoms. The number of carboxylic acid groups (broad SMARTS) is 2. The van der Waals surface area contributed by atoms with Crippen LogP contribution in [-0.2, 0) is 14.4 Å². The van der Waals surface area contributed by atoms with Crippen LogP contribution in [0.15, 0.2) is 0 Å². The van der Waals surface area contributed by atoms with E-state index in [1.165, 1.54) is 57.8 Å².